The SMILES string of the molecule is CCc1ccc(OC)c(CCNC(=O)CCl)c1. The van der Waals surface area contributed by atoms with Crippen LogP contribution in [-0.4, -0.2) is 25.4 Å². The summed E-state index contributed by atoms with van der Waals surface area (Å²) in [5.41, 5.74) is 2.38. The monoisotopic (exact) mass is 255 g/mol. The number of rotatable bonds is 6. The minimum atomic E-state index is -0.141. The first-order valence-electron chi connectivity index (χ1n) is 5.69. The van der Waals surface area contributed by atoms with E-state index >= 15 is 0 Å². The molecule has 1 aromatic carbocycles. The van der Waals surface area contributed by atoms with E-state index in [0.29, 0.717) is 6.54 Å². The first kappa shape index (κ1) is 13.8. The first-order chi connectivity index (χ1) is 8.21. The van der Waals surface area contributed by atoms with Crippen LogP contribution in [0.2, 0.25) is 0 Å². The number of amides is 1. The summed E-state index contributed by atoms with van der Waals surface area (Å²) in [6.07, 6.45) is 1.74. The summed E-state index contributed by atoms with van der Waals surface area (Å²) >= 11 is 5.40. The molecular formula is C13H18ClNO2. The van der Waals surface area contributed by atoms with Crippen LogP contribution < -0.4 is 10.1 Å². The largest absolute Gasteiger partial charge is 0.496 e. The zero-order valence-electron chi connectivity index (χ0n) is 10.3. The third-order valence-corrected chi connectivity index (χ3v) is 2.83. The lowest BCUT2D eigenvalue weighted by Gasteiger charge is -2.10. The number of alkyl halides is 1. The zero-order valence-corrected chi connectivity index (χ0v) is 11.0. The van der Waals surface area contributed by atoms with Gasteiger partial charge in [-0.2, -0.15) is 0 Å². The molecular weight excluding hydrogens is 238 g/mol. The van der Waals surface area contributed by atoms with Crippen molar-refractivity contribution >= 4 is 17.5 Å². The Kier molecular flexibility index (Phi) is 5.84. The molecule has 0 saturated carbocycles. The van der Waals surface area contributed by atoms with E-state index in [1.807, 2.05) is 6.07 Å². The average Bonchev–Trinajstić information content (AvgIpc) is 2.38. The van der Waals surface area contributed by atoms with E-state index in [2.05, 4.69) is 24.4 Å². The predicted molar refractivity (Wildman–Crippen MR) is 69.8 cm³/mol. The van der Waals surface area contributed by atoms with Gasteiger partial charge < -0.3 is 10.1 Å². The second kappa shape index (κ2) is 7.17. The van der Waals surface area contributed by atoms with Gasteiger partial charge in [0.05, 0.1) is 7.11 Å². The van der Waals surface area contributed by atoms with Crippen molar-refractivity contribution in [2.24, 2.45) is 0 Å². The molecule has 0 atom stereocenters. The number of carbonyl (C=O) groups excluding carboxylic acids is 1. The number of carbonyl (C=O) groups is 1. The molecule has 0 radical (unpaired) electrons. The van der Waals surface area contributed by atoms with E-state index in [1.54, 1.807) is 7.11 Å². The third-order valence-electron chi connectivity index (χ3n) is 2.59. The summed E-state index contributed by atoms with van der Waals surface area (Å²) in [5.74, 6) is 0.728. The van der Waals surface area contributed by atoms with Crippen LogP contribution in [0.5, 0.6) is 5.75 Å². The summed E-state index contributed by atoms with van der Waals surface area (Å²) in [7, 11) is 1.65. The average molecular weight is 256 g/mol. The van der Waals surface area contributed by atoms with Crippen molar-refractivity contribution < 1.29 is 9.53 Å². The fourth-order valence-electron chi connectivity index (χ4n) is 1.63. The number of ether oxygens (including phenoxy) is 1. The lowest BCUT2D eigenvalue weighted by molar-refractivity contribution is -0.118. The van der Waals surface area contributed by atoms with E-state index in [9.17, 15) is 4.79 Å². The quantitative estimate of drug-likeness (QED) is 0.791. The molecule has 94 valence electrons. The Morgan fingerprint density at radius 1 is 1.47 bits per heavy atom. The topological polar surface area (TPSA) is 38.3 Å². The van der Waals surface area contributed by atoms with Gasteiger partial charge in [0, 0.05) is 6.54 Å². The Morgan fingerprint density at radius 2 is 2.24 bits per heavy atom. The Bertz CT molecular complexity index is 380. The predicted octanol–water partition coefficient (Wildman–Crippen LogP) is 2.16. The Labute approximate surface area is 107 Å². The molecule has 1 rings (SSSR count). The molecule has 0 heterocycles. The fourth-order valence-corrected chi connectivity index (χ4v) is 1.73. The molecule has 3 nitrogen and oxygen atoms in total. The van der Waals surface area contributed by atoms with Gasteiger partial charge in [-0.15, -0.1) is 11.6 Å². The van der Waals surface area contributed by atoms with Crippen molar-refractivity contribution in [2.75, 3.05) is 19.5 Å². The molecule has 1 N–H and O–H groups in total. The molecule has 0 bridgehead atoms. The molecule has 0 aliphatic heterocycles. The maximum Gasteiger partial charge on any atom is 0.234 e. The smallest absolute Gasteiger partial charge is 0.234 e. The molecule has 0 unspecified atom stereocenters. The van der Waals surface area contributed by atoms with E-state index < -0.39 is 0 Å². The maximum atomic E-state index is 11.0. The Morgan fingerprint density at radius 3 is 2.82 bits per heavy atom. The van der Waals surface area contributed by atoms with Crippen molar-refractivity contribution in [2.45, 2.75) is 19.8 Å². The minimum absolute atomic E-state index is 0.00609. The van der Waals surface area contributed by atoms with Gasteiger partial charge in [0.2, 0.25) is 5.91 Å². The number of aryl methyl sites for hydroxylation is 1. The standard InChI is InChI=1S/C13H18ClNO2/c1-3-10-4-5-12(17-2)11(8-10)6-7-15-13(16)9-14/h4-5,8H,3,6-7,9H2,1-2H3,(H,15,16). The van der Waals surface area contributed by atoms with Gasteiger partial charge in [0.1, 0.15) is 11.6 Å². The molecule has 1 amide bonds. The van der Waals surface area contributed by atoms with Crippen LogP contribution in [0.4, 0.5) is 0 Å². The second-order valence-electron chi connectivity index (χ2n) is 3.73. The molecule has 0 aliphatic carbocycles. The molecule has 0 spiro atoms. The van der Waals surface area contributed by atoms with Crippen molar-refractivity contribution in [3.63, 3.8) is 0 Å². The highest BCUT2D eigenvalue weighted by molar-refractivity contribution is 6.27. The van der Waals surface area contributed by atoms with Crippen LogP contribution in [0.3, 0.4) is 0 Å². The summed E-state index contributed by atoms with van der Waals surface area (Å²) in [6.45, 7) is 2.69. The minimum Gasteiger partial charge on any atom is -0.496 e. The highest BCUT2D eigenvalue weighted by atomic mass is 35.5. The number of hydrogen-bond donors (Lipinski definition) is 1. The van der Waals surface area contributed by atoms with Crippen LogP contribution >= 0.6 is 11.6 Å². The summed E-state index contributed by atoms with van der Waals surface area (Å²) in [5, 5.41) is 2.74. The van der Waals surface area contributed by atoms with E-state index in [4.69, 9.17) is 16.3 Å². The van der Waals surface area contributed by atoms with E-state index in [1.165, 1.54) is 5.56 Å². The number of hydrogen-bond acceptors (Lipinski definition) is 2. The van der Waals surface area contributed by atoms with Crippen LogP contribution in [0, 0.1) is 0 Å². The number of halogens is 1. The van der Waals surface area contributed by atoms with Crippen LogP contribution in [0.1, 0.15) is 18.1 Å². The van der Waals surface area contributed by atoms with Gasteiger partial charge in [-0.25, -0.2) is 0 Å². The van der Waals surface area contributed by atoms with Crippen molar-refractivity contribution in [1.82, 2.24) is 5.32 Å². The molecule has 0 aromatic heterocycles. The zero-order chi connectivity index (χ0) is 12.7. The number of nitrogens with one attached hydrogen (secondary N) is 1. The number of benzene rings is 1. The van der Waals surface area contributed by atoms with Crippen molar-refractivity contribution in [3.8, 4) is 5.75 Å². The molecule has 4 heteroatoms. The Hall–Kier alpha value is -1.22. The van der Waals surface area contributed by atoms with Gasteiger partial charge in [0.25, 0.3) is 0 Å². The molecule has 17 heavy (non-hydrogen) atoms. The third kappa shape index (κ3) is 4.27. The van der Waals surface area contributed by atoms with E-state index in [-0.39, 0.29) is 11.8 Å². The summed E-state index contributed by atoms with van der Waals surface area (Å²) < 4.78 is 5.29. The summed E-state index contributed by atoms with van der Waals surface area (Å²) in [4.78, 5) is 11.0. The second-order valence-corrected chi connectivity index (χ2v) is 4.00. The van der Waals surface area contributed by atoms with Crippen molar-refractivity contribution in [3.05, 3.63) is 29.3 Å². The van der Waals surface area contributed by atoms with Crippen LogP contribution in [0.15, 0.2) is 18.2 Å². The van der Waals surface area contributed by atoms with Crippen molar-refractivity contribution in [1.29, 1.82) is 0 Å². The molecule has 1 aromatic rings. The lowest BCUT2D eigenvalue weighted by Crippen LogP contribution is -2.26. The van der Waals surface area contributed by atoms with Crippen LogP contribution in [0.25, 0.3) is 0 Å². The van der Waals surface area contributed by atoms with E-state index in [0.717, 1.165) is 24.2 Å². The van der Waals surface area contributed by atoms with Gasteiger partial charge in [0.15, 0.2) is 0 Å². The molecule has 0 fully saturated rings. The van der Waals surface area contributed by atoms with Gasteiger partial charge >= 0.3 is 0 Å². The first-order valence-corrected chi connectivity index (χ1v) is 6.23. The van der Waals surface area contributed by atoms with Gasteiger partial charge in [-0.3, -0.25) is 4.79 Å². The maximum absolute atomic E-state index is 11.0. The highest BCUT2D eigenvalue weighted by Crippen LogP contribution is 2.20. The van der Waals surface area contributed by atoms with Gasteiger partial charge in [-0.1, -0.05) is 19.1 Å². The van der Waals surface area contributed by atoms with Crippen LogP contribution in [-0.2, 0) is 17.6 Å². The normalized spacial score (nSPS) is 10.1. The molecule has 0 saturated heterocycles. The van der Waals surface area contributed by atoms with Gasteiger partial charge in [-0.05, 0) is 30.0 Å². The number of methoxy groups -OCH3 is 1. The highest BCUT2D eigenvalue weighted by Gasteiger charge is 2.05. The summed E-state index contributed by atoms with van der Waals surface area (Å²) in [6, 6.07) is 6.14. The lowest BCUT2D eigenvalue weighted by atomic mass is 10.1. The fraction of sp³-hybridized carbons (Fsp3) is 0.462. The molecule has 0 aliphatic rings. The Balaban J connectivity index is 2.64.